The lowest BCUT2D eigenvalue weighted by atomic mass is 9.94. The van der Waals surface area contributed by atoms with Gasteiger partial charge in [0.15, 0.2) is 0 Å². The van der Waals surface area contributed by atoms with Crippen LogP contribution in [0, 0.1) is 17.8 Å². The van der Waals surface area contributed by atoms with Crippen molar-refractivity contribution in [1.29, 1.82) is 0 Å². The van der Waals surface area contributed by atoms with Gasteiger partial charge >= 0.3 is 0 Å². The minimum absolute atomic E-state index is 0.0295. The van der Waals surface area contributed by atoms with E-state index in [1.165, 1.54) is 5.56 Å². The molecule has 0 unspecified atom stereocenters. The fourth-order valence-electron chi connectivity index (χ4n) is 4.53. The molecule has 1 aromatic carbocycles. The SMILES string of the molecule is CCc1ccc(CNC(=O)C2CCN(S(=O)(=O)N3C[C@H](C)C[C@@H](C)C3)CC2)cc1. The van der Waals surface area contributed by atoms with E-state index in [2.05, 4.69) is 50.4 Å². The molecule has 162 valence electrons. The van der Waals surface area contributed by atoms with Gasteiger partial charge in [0.1, 0.15) is 0 Å². The highest BCUT2D eigenvalue weighted by molar-refractivity contribution is 7.86. The summed E-state index contributed by atoms with van der Waals surface area (Å²) in [5, 5.41) is 3.02. The van der Waals surface area contributed by atoms with E-state index in [1.807, 2.05) is 0 Å². The fourth-order valence-corrected chi connectivity index (χ4v) is 6.42. The smallest absolute Gasteiger partial charge is 0.281 e. The van der Waals surface area contributed by atoms with Crippen molar-refractivity contribution in [2.75, 3.05) is 26.2 Å². The van der Waals surface area contributed by atoms with Gasteiger partial charge in [-0.1, -0.05) is 45.0 Å². The molecule has 6 nitrogen and oxygen atoms in total. The zero-order chi connectivity index (χ0) is 21.0. The van der Waals surface area contributed by atoms with Crippen LogP contribution in [0.4, 0.5) is 0 Å². The molecular formula is C22H35N3O3S. The molecule has 7 heteroatoms. The molecule has 2 fully saturated rings. The van der Waals surface area contributed by atoms with E-state index in [9.17, 15) is 13.2 Å². The number of piperidine rings is 2. The normalized spacial score (nSPS) is 25.1. The van der Waals surface area contributed by atoms with Crippen LogP contribution in [-0.2, 0) is 28.0 Å². The Kier molecular flexibility index (Phi) is 7.35. The van der Waals surface area contributed by atoms with Crippen molar-refractivity contribution < 1.29 is 13.2 Å². The summed E-state index contributed by atoms with van der Waals surface area (Å²) in [5.74, 6) is 0.698. The standard InChI is InChI=1S/C22H35N3O3S/c1-4-19-5-7-20(8-6-19)14-23-22(26)21-9-11-24(12-10-21)29(27,28)25-15-17(2)13-18(3)16-25/h5-8,17-18,21H,4,9-16H2,1-3H3,(H,23,26)/t17-,18-/m1/s1. The predicted octanol–water partition coefficient (Wildman–Crippen LogP) is 2.80. The monoisotopic (exact) mass is 421 g/mol. The first-order valence-corrected chi connectivity index (χ1v) is 12.3. The first-order chi connectivity index (χ1) is 13.8. The molecule has 3 rings (SSSR count). The minimum Gasteiger partial charge on any atom is -0.352 e. The number of amides is 1. The van der Waals surface area contributed by atoms with E-state index in [-0.39, 0.29) is 11.8 Å². The molecule has 1 aromatic rings. The maximum Gasteiger partial charge on any atom is 0.281 e. The van der Waals surface area contributed by atoms with E-state index in [0.717, 1.165) is 18.4 Å². The zero-order valence-electron chi connectivity index (χ0n) is 17.9. The number of benzene rings is 1. The molecule has 2 saturated heterocycles. The van der Waals surface area contributed by atoms with Crippen molar-refractivity contribution in [3.63, 3.8) is 0 Å². The summed E-state index contributed by atoms with van der Waals surface area (Å²) in [6.07, 6.45) is 3.25. The Morgan fingerprint density at radius 1 is 1.00 bits per heavy atom. The van der Waals surface area contributed by atoms with Gasteiger partial charge in [-0.25, -0.2) is 0 Å². The highest BCUT2D eigenvalue weighted by Crippen LogP contribution is 2.27. The van der Waals surface area contributed by atoms with Crippen LogP contribution in [0.3, 0.4) is 0 Å². The number of nitrogens with one attached hydrogen (secondary N) is 1. The molecule has 1 N–H and O–H groups in total. The van der Waals surface area contributed by atoms with Gasteiger partial charge in [0, 0.05) is 38.6 Å². The number of nitrogens with zero attached hydrogens (tertiary/aromatic N) is 2. The molecule has 29 heavy (non-hydrogen) atoms. The molecular weight excluding hydrogens is 386 g/mol. The molecule has 0 aliphatic carbocycles. The Hall–Kier alpha value is -1.44. The van der Waals surface area contributed by atoms with Gasteiger partial charge in [-0.2, -0.15) is 17.0 Å². The Balaban J connectivity index is 1.49. The van der Waals surface area contributed by atoms with E-state index in [1.54, 1.807) is 8.61 Å². The third-order valence-corrected chi connectivity index (χ3v) is 8.18. The number of aryl methyl sites for hydroxylation is 1. The van der Waals surface area contributed by atoms with Crippen molar-refractivity contribution in [2.24, 2.45) is 17.8 Å². The summed E-state index contributed by atoms with van der Waals surface area (Å²) in [5.41, 5.74) is 2.37. The Bertz CT molecular complexity index is 776. The van der Waals surface area contributed by atoms with Crippen LogP contribution in [0.25, 0.3) is 0 Å². The van der Waals surface area contributed by atoms with Crippen molar-refractivity contribution in [3.8, 4) is 0 Å². The topological polar surface area (TPSA) is 69.7 Å². The zero-order valence-corrected chi connectivity index (χ0v) is 18.7. The number of hydrogen-bond acceptors (Lipinski definition) is 3. The highest BCUT2D eigenvalue weighted by Gasteiger charge is 2.37. The quantitative estimate of drug-likeness (QED) is 0.768. The van der Waals surface area contributed by atoms with Crippen LogP contribution in [0.2, 0.25) is 0 Å². The van der Waals surface area contributed by atoms with Gasteiger partial charge in [-0.3, -0.25) is 4.79 Å². The fraction of sp³-hybridized carbons (Fsp3) is 0.682. The maximum atomic E-state index is 13.0. The van der Waals surface area contributed by atoms with Gasteiger partial charge in [-0.05, 0) is 48.6 Å². The number of rotatable bonds is 6. The van der Waals surface area contributed by atoms with Crippen molar-refractivity contribution in [1.82, 2.24) is 13.9 Å². The molecule has 1 amide bonds. The van der Waals surface area contributed by atoms with Crippen LogP contribution < -0.4 is 5.32 Å². The summed E-state index contributed by atoms with van der Waals surface area (Å²) in [4.78, 5) is 12.5. The summed E-state index contributed by atoms with van der Waals surface area (Å²) in [6.45, 7) is 8.92. The molecule has 0 aromatic heterocycles. The summed E-state index contributed by atoms with van der Waals surface area (Å²) in [7, 11) is -3.43. The minimum atomic E-state index is -3.43. The van der Waals surface area contributed by atoms with Crippen molar-refractivity contribution in [2.45, 2.75) is 53.0 Å². The molecule has 2 aliphatic rings. The highest BCUT2D eigenvalue weighted by atomic mass is 32.2. The summed E-state index contributed by atoms with van der Waals surface area (Å²) >= 11 is 0. The maximum absolute atomic E-state index is 13.0. The van der Waals surface area contributed by atoms with Crippen LogP contribution in [-0.4, -0.2) is 49.1 Å². The lowest BCUT2D eigenvalue weighted by Gasteiger charge is -2.39. The van der Waals surface area contributed by atoms with E-state index in [4.69, 9.17) is 0 Å². The first-order valence-electron chi connectivity index (χ1n) is 10.9. The van der Waals surface area contributed by atoms with Crippen LogP contribution in [0.5, 0.6) is 0 Å². The molecule has 0 spiro atoms. The Morgan fingerprint density at radius 3 is 2.10 bits per heavy atom. The molecule has 0 bridgehead atoms. The Morgan fingerprint density at radius 2 is 1.55 bits per heavy atom. The summed E-state index contributed by atoms with van der Waals surface area (Å²) < 4.78 is 29.3. The van der Waals surface area contributed by atoms with Crippen LogP contribution >= 0.6 is 0 Å². The third-order valence-electron chi connectivity index (χ3n) is 6.21. The van der Waals surface area contributed by atoms with E-state index < -0.39 is 10.2 Å². The average Bonchev–Trinajstić information content (AvgIpc) is 2.71. The third kappa shape index (κ3) is 5.58. The second-order valence-electron chi connectivity index (χ2n) is 8.83. The summed E-state index contributed by atoms with van der Waals surface area (Å²) in [6, 6.07) is 8.28. The van der Waals surface area contributed by atoms with Crippen LogP contribution in [0.1, 0.15) is 51.2 Å². The van der Waals surface area contributed by atoms with E-state index >= 15 is 0 Å². The lowest BCUT2D eigenvalue weighted by Crippen LogP contribution is -2.52. The molecule has 2 aliphatic heterocycles. The van der Waals surface area contributed by atoms with Gasteiger partial charge in [0.05, 0.1) is 0 Å². The number of hydrogen-bond donors (Lipinski definition) is 1. The average molecular weight is 422 g/mol. The molecule has 2 heterocycles. The van der Waals surface area contributed by atoms with Crippen molar-refractivity contribution in [3.05, 3.63) is 35.4 Å². The largest absolute Gasteiger partial charge is 0.352 e. The first kappa shape index (κ1) is 22.2. The van der Waals surface area contributed by atoms with E-state index in [0.29, 0.717) is 57.4 Å². The molecule has 0 radical (unpaired) electrons. The predicted molar refractivity (Wildman–Crippen MR) is 115 cm³/mol. The molecule has 2 atom stereocenters. The van der Waals surface area contributed by atoms with Gasteiger partial charge in [0.25, 0.3) is 10.2 Å². The van der Waals surface area contributed by atoms with Gasteiger partial charge in [0.2, 0.25) is 5.91 Å². The molecule has 0 saturated carbocycles. The second-order valence-corrected chi connectivity index (χ2v) is 10.8. The number of carbonyl (C=O) groups excluding carboxylic acids is 1. The lowest BCUT2D eigenvalue weighted by molar-refractivity contribution is -0.126. The number of carbonyl (C=O) groups is 1. The van der Waals surface area contributed by atoms with Gasteiger partial charge in [-0.15, -0.1) is 0 Å². The van der Waals surface area contributed by atoms with Gasteiger partial charge < -0.3 is 5.32 Å². The second kappa shape index (κ2) is 9.58. The van der Waals surface area contributed by atoms with Crippen molar-refractivity contribution >= 4 is 16.1 Å². The Labute approximate surface area is 175 Å². The van der Waals surface area contributed by atoms with Crippen LogP contribution in [0.15, 0.2) is 24.3 Å².